The Morgan fingerprint density at radius 1 is 1.12 bits per heavy atom. The Bertz CT molecular complexity index is 948. The quantitative estimate of drug-likeness (QED) is 0.734. The minimum atomic E-state index is -3.99. The average Bonchev–Trinajstić information content (AvgIpc) is 2.52. The normalized spacial score (nSPS) is 11.3. The van der Waals surface area contributed by atoms with Gasteiger partial charge in [0.25, 0.3) is 0 Å². The molecule has 0 saturated heterocycles. The van der Waals surface area contributed by atoms with Crippen molar-refractivity contribution in [2.24, 2.45) is 0 Å². The summed E-state index contributed by atoms with van der Waals surface area (Å²) >= 11 is 0. The smallest absolute Gasteiger partial charge is 0.248 e. The van der Waals surface area contributed by atoms with Gasteiger partial charge in [-0.15, -0.1) is 0 Å². The molecule has 0 spiro atoms. The molecule has 0 radical (unpaired) electrons. The van der Waals surface area contributed by atoms with E-state index < -0.39 is 21.9 Å². The predicted octanol–water partition coefficient (Wildman–Crippen LogP) is 0.732. The zero-order chi connectivity index (χ0) is 19.3. The van der Waals surface area contributed by atoms with Crippen LogP contribution in [0.5, 0.6) is 0 Å². The molecule has 1 heterocycles. The Hall–Kier alpha value is -3.27. The van der Waals surface area contributed by atoms with Crippen molar-refractivity contribution in [2.75, 3.05) is 5.32 Å². The first-order chi connectivity index (χ1) is 12.2. The van der Waals surface area contributed by atoms with E-state index in [1.54, 1.807) is 13.8 Å². The SMILES string of the molecule is Cc1cc([N-]S(=O)(=O)c2ccc(NC(=O)/C=C\C(=O)[O-])cc2)nc(C)n1. The number of aliphatic carboxylic acids is 1. The number of rotatable bonds is 6. The molecule has 136 valence electrons. The van der Waals surface area contributed by atoms with Gasteiger partial charge in [0.2, 0.25) is 15.9 Å². The van der Waals surface area contributed by atoms with E-state index in [0.717, 1.165) is 6.08 Å². The number of nitrogens with zero attached hydrogens (tertiary/aromatic N) is 3. The fraction of sp³-hybridized carbons (Fsp3) is 0.125. The van der Waals surface area contributed by atoms with Gasteiger partial charge in [-0.2, -0.15) is 0 Å². The molecule has 9 nitrogen and oxygen atoms in total. The second kappa shape index (κ2) is 7.74. The Labute approximate surface area is 149 Å². The van der Waals surface area contributed by atoms with Crippen LogP contribution in [0.25, 0.3) is 4.72 Å². The van der Waals surface area contributed by atoms with Crippen LogP contribution in [0.1, 0.15) is 11.5 Å². The van der Waals surface area contributed by atoms with Crippen molar-refractivity contribution in [1.29, 1.82) is 0 Å². The van der Waals surface area contributed by atoms with Gasteiger partial charge in [-0.25, -0.2) is 8.42 Å². The number of carboxylic acid groups (broad SMARTS) is 1. The number of carbonyl (C=O) groups is 2. The van der Waals surface area contributed by atoms with Crippen molar-refractivity contribution in [2.45, 2.75) is 18.7 Å². The van der Waals surface area contributed by atoms with Crippen molar-refractivity contribution in [3.63, 3.8) is 0 Å². The van der Waals surface area contributed by atoms with Gasteiger partial charge >= 0.3 is 0 Å². The van der Waals surface area contributed by atoms with E-state index in [-0.39, 0.29) is 16.4 Å². The molecule has 0 fully saturated rings. The summed E-state index contributed by atoms with van der Waals surface area (Å²) in [6.07, 6.45) is 1.37. The van der Waals surface area contributed by atoms with Gasteiger partial charge in [0.1, 0.15) is 0 Å². The molecule has 26 heavy (non-hydrogen) atoms. The second-order valence-corrected chi connectivity index (χ2v) is 6.75. The van der Waals surface area contributed by atoms with Crippen LogP contribution in [0.15, 0.2) is 47.4 Å². The summed E-state index contributed by atoms with van der Waals surface area (Å²) in [6, 6.07) is 6.67. The number of aryl methyl sites for hydroxylation is 2. The van der Waals surface area contributed by atoms with Crippen LogP contribution in [0, 0.1) is 13.8 Å². The molecule has 0 aliphatic heterocycles. The highest BCUT2D eigenvalue weighted by Crippen LogP contribution is 2.27. The first-order valence-corrected chi connectivity index (χ1v) is 8.70. The molecule has 0 aliphatic rings. The maximum absolute atomic E-state index is 12.3. The van der Waals surface area contributed by atoms with E-state index in [2.05, 4.69) is 20.0 Å². The number of nitrogens with one attached hydrogen (secondary N) is 1. The molecule has 0 saturated carbocycles. The number of carboxylic acids is 1. The summed E-state index contributed by atoms with van der Waals surface area (Å²) in [5.41, 5.74) is 0.875. The molecule has 2 rings (SSSR count). The maximum Gasteiger partial charge on any atom is 0.248 e. The third-order valence-corrected chi connectivity index (χ3v) is 4.25. The van der Waals surface area contributed by atoms with Gasteiger partial charge in [-0.05, 0) is 56.1 Å². The highest BCUT2D eigenvalue weighted by Gasteiger charge is 2.10. The monoisotopic (exact) mass is 374 g/mol. The Morgan fingerprint density at radius 2 is 1.77 bits per heavy atom. The summed E-state index contributed by atoms with van der Waals surface area (Å²) in [6.45, 7) is 3.33. The third-order valence-electron chi connectivity index (χ3n) is 2.96. The summed E-state index contributed by atoms with van der Waals surface area (Å²) in [7, 11) is -3.99. The van der Waals surface area contributed by atoms with Gasteiger partial charge in [0.15, 0.2) is 0 Å². The molecule has 0 aliphatic carbocycles. The van der Waals surface area contributed by atoms with Crippen LogP contribution in [0.2, 0.25) is 0 Å². The van der Waals surface area contributed by atoms with Crippen molar-refractivity contribution in [3.05, 3.63) is 58.7 Å². The number of sulfonamides is 1. The van der Waals surface area contributed by atoms with E-state index in [0.29, 0.717) is 17.6 Å². The van der Waals surface area contributed by atoms with Crippen molar-refractivity contribution in [3.8, 4) is 0 Å². The van der Waals surface area contributed by atoms with E-state index in [1.165, 1.54) is 30.3 Å². The van der Waals surface area contributed by atoms with Crippen LogP contribution in [-0.2, 0) is 19.6 Å². The maximum atomic E-state index is 12.3. The lowest BCUT2D eigenvalue weighted by atomic mass is 10.3. The summed E-state index contributed by atoms with van der Waals surface area (Å²) < 4.78 is 28.3. The van der Waals surface area contributed by atoms with Gasteiger partial charge < -0.3 is 24.9 Å². The lowest BCUT2D eigenvalue weighted by Gasteiger charge is -2.17. The lowest BCUT2D eigenvalue weighted by Crippen LogP contribution is -2.20. The number of carbonyl (C=O) groups excluding carboxylic acids is 2. The summed E-state index contributed by atoms with van der Waals surface area (Å²) in [4.78, 5) is 29.6. The number of benzene rings is 1. The first-order valence-electron chi connectivity index (χ1n) is 7.26. The Morgan fingerprint density at radius 3 is 2.35 bits per heavy atom. The largest absolute Gasteiger partial charge is 0.545 e. The van der Waals surface area contributed by atoms with Crippen LogP contribution < -0.4 is 10.4 Å². The predicted molar refractivity (Wildman–Crippen MR) is 90.9 cm³/mol. The topological polar surface area (TPSA) is 143 Å². The number of hydrogen-bond acceptors (Lipinski definition) is 7. The van der Waals surface area contributed by atoms with E-state index in [9.17, 15) is 23.1 Å². The Kier molecular flexibility index (Phi) is 5.68. The number of aromatic nitrogens is 2. The molecule has 2 aromatic rings. The van der Waals surface area contributed by atoms with Gasteiger partial charge in [0, 0.05) is 23.3 Å². The van der Waals surface area contributed by atoms with E-state index in [4.69, 9.17) is 0 Å². The highest BCUT2D eigenvalue weighted by atomic mass is 32.2. The molecule has 1 amide bonds. The second-order valence-electron chi connectivity index (χ2n) is 5.15. The molecule has 1 N–H and O–H groups in total. The van der Waals surface area contributed by atoms with Crippen LogP contribution in [0.3, 0.4) is 0 Å². The molecule has 1 aromatic heterocycles. The minimum absolute atomic E-state index is 0.0276. The van der Waals surface area contributed by atoms with Crippen molar-refractivity contribution in [1.82, 2.24) is 9.97 Å². The number of anilines is 1. The first kappa shape index (κ1) is 19.1. The molecule has 1 aromatic carbocycles. The van der Waals surface area contributed by atoms with Crippen LogP contribution in [-0.4, -0.2) is 30.3 Å². The van der Waals surface area contributed by atoms with E-state index in [1.807, 2.05) is 0 Å². The van der Waals surface area contributed by atoms with E-state index >= 15 is 0 Å². The number of amides is 1. The minimum Gasteiger partial charge on any atom is -0.545 e. The molecular weight excluding hydrogens is 360 g/mol. The lowest BCUT2D eigenvalue weighted by molar-refractivity contribution is -0.297. The summed E-state index contributed by atoms with van der Waals surface area (Å²) in [5, 5.41) is 12.6. The number of hydrogen-bond donors (Lipinski definition) is 1. The molecular formula is C16H14N4O5S-2. The fourth-order valence-corrected chi connectivity index (χ4v) is 2.88. The fourth-order valence-electron chi connectivity index (χ4n) is 1.96. The average molecular weight is 374 g/mol. The van der Waals surface area contributed by atoms with Crippen LogP contribution in [0.4, 0.5) is 11.5 Å². The van der Waals surface area contributed by atoms with Crippen LogP contribution >= 0.6 is 0 Å². The molecule has 0 unspecified atom stereocenters. The molecule has 0 bridgehead atoms. The Balaban J connectivity index is 2.13. The van der Waals surface area contributed by atoms with Gasteiger partial charge in [-0.1, -0.05) is 0 Å². The zero-order valence-corrected chi connectivity index (χ0v) is 14.6. The third kappa shape index (κ3) is 5.38. The van der Waals surface area contributed by atoms with Gasteiger partial charge in [0.05, 0.1) is 10.9 Å². The van der Waals surface area contributed by atoms with Crippen molar-refractivity contribution >= 4 is 33.4 Å². The molecule has 0 atom stereocenters. The zero-order valence-electron chi connectivity index (χ0n) is 13.8. The highest BCUT2D eigenvalue weighted by molar-refractivity contribution is 7.94. The van der Waals surface area contributed by atoms with Crippen molar-refractivity contribution < 1.29 is 23.1 Å². The standard InChI is InChI=1S/C16H16N4O5S/c1-10-9-14(18-11(2)17-10)20-26(24,25)13-5-3-12(4-6-13)19-15(21)7-8-16(22)23/h3-9H,1-2H3,(H3,17,18,19,20,21,22,23)/p-2/b8-7-. The molecule has 10 heteroatoms. The van der Waals surface area contributed by atoms with Gasteiger partial charge in [-0.3, -0.25) is 9.78 Å². The summed E-state index contributed by atoms with van der Waals surface area (Å²) in [5.74, 6) is -1.76.